The first kappa shape index (κ1) is 11.3. The maximum Gasteiger partial charge on any atom is 0.0866 e. The molecule has 18 heavy (non-hydrogen) atoms. The van der Waals surface area contributed by atoms with Crippen molar-refractivity contribution in [1.82, 2.24) is 0 Å². The van der Waals surface area contributed by atoms with Crippen LogP contribution in [-0.4, -0.2) is 10.7 Å². The lowest BCUT2D eigenvalue weighted by Gasteiger charge is -2.47. The van der Waals surface area contributed by atoms with Gasteiger partial charge in [0, 0.05) is 0 Å². The molecule has 1 N–H and O–H groups in total. The Labute approximate surface area is 109 Å². The summed E-state index contributed by atoms with van der Waals surface area (Å²) in [5.74, 6) is 2.83. The number of hydrogen-bond acceptors (Lipinski definition) is 2. The average Bonchev–Trinajstić information content (AvgIpc) is 3.10. The zero-order chi connectivity index (χ0) is 12.4. The zero-order valence-electron chi connectivity index (χ0n) is 11.1. The van der Waals surface area contributed by atoms with Gasteiger partial charge in [0.25, 0.3) is 0 Å². The van der Waals surface area contributed by atoms with Gasteiger partial charge in [-0.15, -0.1) is 0 Å². The van der Waals surface area contributed by atoms with E-state index in [0.717, 1.165) is 49.9 Å². The zero-order valence-corrected chi connectivity index (χ0v) is 11.1. The molecule has 0 spiro atoms. The van der Waals surface area contributed by atoms with E-state index < -0.39 is 5.60 Å². The molecule has 5 atom stereocenters. The van der Waals surface area contributed by atoms with Crippen LogP contribution in [0.2, 0.25) is 0 Å². The van der Waals surface area contributed by atoms with Gasteiger partial charge in [-0.05, 0) is 62.2 Å². The van der Waals surface area contributed by atoms with Crippen LogP contribution < -0.4 is 0 Å². The second-order valence-electron chi connectivity index (χ2n) is 7.39. The number of nitriles is 1. The second kappa shape index (κ2) is 3.51. The highest BCUT2D eigenvalue weighted by Gasteiger charge is 2.67. The van der Waals surface area contributed by atoms with E-state index in [2.05, 4.69) is 6.07 Å². The van der Waals surface area contributed by atoms with Gasteiger partial charge in [0.2, 0.25) is 0 Å². The van der Waals surface area contributed by atoms with E-state index >= 15 is 0 Å². The van der Waals surface area contributed by atoms with Gasteiger partial charge in [-0.25, -0.2) is 0 Å². The van der Waals surface area contributed by atoms with Crippen LogP contribution in [0.3, 0.4) is 0 Å². The van der Waals surface area contributed by atoms with E-state index in [9.17, 15) is 10.4 Å². The fourth-order valence-corrected chi connectivity index (χ4v) is 6.28. The average molecular weight is 245 g/mol. The lowest BCUT2D eigenvalue weighted by molar-refractivity contribution is -0.118. The normalized spacial score (nSPS) is 52.4. The summed E-state index contributed by atoms with van der Waals surface area (Å²) in [5, 5.41) is 21.1. The third-order valence-electron chi connectivity index (χ3n) is 6.99. The summed E-state index contributed by atoms with van der Waals surface area (Å²) in [6, 6.07) is 2.57. The van der Waals surface area contributed by atoms with Crippen LogP contribution in [0.4, 0.5) is 0 Å². The molecule has 5 unspecified atom stereocenters. The number of nitrogens with zero attached hydrogens (tertiary/aromatic N) is 1. The molecule has 4 saturated carbocycles. The van der Waals surface area contributed by atoms with Crippen LogP contribution in [0.15, 0.2) is 0 Å². The maximum absolute atomic E-state index is 11.4. The Morgan fingerprint density at radius 1 is 1.06 bits per heavy atom. The maximum atomic E-state index is 11.4. The molecule has 4 fully saturated rings. The van der Waals surface area contributed by atoms with Crippen molar-refractivity contribution in [2.24, 2.45) is 29.1 Å². The fourth-order valence-electron chi connectivity index (χ4n) is 6.28. The third kappa shape index (κ3) is 1.13. The Bertz CT molecular complexity index is 406. The Kier molecular flexibility index (Phi) is 2.20. The molecule has 0 aliphatic heterocycles. The van der Waals surface area contributed by atoms with Crippen LogP contribution in [0.5, 0.6) is 0 Å². The first-order valence-electron chi connectivity index (χ1n) is 7.84. The third-order valence-corrected chi connectivity index (χ3v) is 6.99. The Morgan fingerprint density at radius 2 is 1.78 bits per heavy atom. The highest BCUT2D eigenvalue weighted by Crippen LogP contribution is 2.68. The van der Waals surface area contributed by atoms with Crippen LogP contribution in [-0.2, 0) is 0 Å². The van der Waals surface area contributed by atoms with Crippen molar-refractivity contribution in [2.45, 2.75) is 63.4 Å². The van der Waals surface area contributed by atoms with Gasteiger partial charge in [-0.1, -0.05) is 19.3 Å². The van der Waals surface area contributed by atoms with Crippen molar-refractivity contribution < 1.29 is 5.11 Å². The van der Waals surface area contributed by atoms with E-state index in [4.69, 9.17) is 0 Å². The standard InChI is InChI=1S/C16H23NO/c17-10-15(6-1-2-7-15)16(18)9-11-8-14(16)13-5-3-4-12(11)13/h11-14,18H,1-9H2. The molecule has 2 heteroatoms. The van der Waals surface area contributed by atoms with Gasteiger partial charge in [-0.2, -0.15) is 5.26 Å². The number of hydrogen-bond donors (Lipinski definition) is 1. The van der Waals surface area contributed by atoms with Crippen molar-refractivity contribution in [2.75, 3.05) is 0 Å². The molecule has 0 aromatic heterocycles. The summed E-state index contributed by atoms with van der Waals surface area (Å²) in [6.07, 6.45) is 10.4. The molecular weight excluding hydrogens is 222 g/mol. The van der Waals surface area contributed by atoms with Gasteiger partial charge in [0.15, 0.2) is 0 Å². The van der Waals surface area contributed by atoms with E-state index in [1.165, 1.54) is 25.7 Å². The fraction of sp³-hybridized carbons (Fsp3) is 0.938. The van der Waals surface area contributed by atoms with E-state index in [1.807, 2.05) is 0 Å². The molecule has 0 heterocycles. The van der Waals surface area contributed by atoms with Gasteiger partial charge < -0.3 is 5.11 Å². The van der Waals surface area contributed by atoms with E-state index in [1.54, 1.807) is 0 Å². The van der Waals surface area contributed by atoms with Crippen LogP contribution in [0.1, 0.15) is 57.8 Å². The molecule has 4 aliphatic carbocycles. The van der Waals surface area contributed by atoms with Crippen molar-refractivity contribution in [3.8, 4) is 6.07 Å². The minimum atomic E-state index is -0.631. The number of aliphatic hydroxyl groups is 1. The molecule has 0 radical (unpaired) electrons. The first-order valence-corrected chi connectivity index (χ1v) is 7.84. The Morgan fingerprint density at radius 3 is 2.50 bits per heavy atom. The van der Waals surface area contributed by atoms with Crippen molar-refractivity contribution in [3.63, 3.8) is 0 Å². The highest BCUT2D eigenvalue weighted by molar-refractivity contribution is 5.22. The highest BCUT2D eigenvalue weighted by atomic mass is 16.3. The van der Waals surface area contributed by atoms with E-state index in [0.29, 0.717) is 5.92 Å². The largest absolute Gasteiger partial charge is 0.388 e. The molecule has 0 aromatic carbocycles. The summed E-state index contributed by atoms with van der Waals surface area (Å²) in [4.78, 5) is 0. The number of rotatable bonds is 1. The molecule has 4 aliphatic rings. The van der Waals surface area contributed by atoms with Gasteiger partial charge in [0.1, 0.15) is 0 Å². The molecule has 0 aromatic rings. The summed E-state index contributed by atoms with van der Waals surface area (Å²) in [7, 11) is 0. The summed E-state index contributed by atoms with van der Waals surface area (Å²) >= 11 is 0. The molecule has 4 rings (SSSR count). The molecule has 2 nitrogen and oxygen atoms in total. The minimum Gasteiger partial charge on any atom is -0.388 e. The van der Waals surface area contributed by atoms with Crippen LogP contribution in [0, 0.1) is 40.4 Å². The van der Waals surface area contributed by atoms with Crippen molar-refractivity contribution >= 4 is 0 Å². The minimum absolute atomic E-state index is 0.389. The van der Waals surface area contributed by atoms with Gasteiger partial charge >= 0.3 is 0 Å². The number of fused-ring (bicyclic) bond motifs is 5. The van der Waals surface area contributed by atoms with Crippen molar-refractivity contribution in [1.29, 1.82) is 5.26 Å². The lowest BCUT2D eigenvalue weighted by Crippen LogP contribution is -2.53. The summed E-state index contributed by atoms with van der Waals surface area (Å²) in [6.45, 7) is 0. The topological polar surface area (TPSA) is 44.0 Å². The predicted octanol–water partition coefficient (Wildman–Crippen LogP) is 3.26. The van der Waals surface area contributed by atoms with Gasteiger partial charge in [-0.3, -0.25) is 0 Å². The van der Waals surface area contributed by atoms with Crippen LogP contribution >= 0.6 is 0 Å². The SMILES string of the molecule is N#CC1(C2(O)CC3CC2C2CCCC32)CCCC1. The van der Waals surface area contributed by atoms with Gasteiger partial charge in [0.05, 0.1) is 17.1 Å². The predicted molar refractivity (Wildman–Crippen MR) is 68.5 cm³/mol. The molecular formula is C16H23NO. The Balaban J connectivity index is 1.71. The van der Waals surface area contributed by atoms with Crippen molar-refractivity contribution in [3.05, 3.63) is 0 Å². The smallest absolute Gasteiger partial charge is 0.0866 e. The Hall–Kier alpha value is -0.550. The van der Waals surface area contributed by atoms with Crippen LogP contribution in [0.25, 0.3) is 0 Å². The first-order chi connectivity index (χ1) is 8.70. The molecule has 0 amide bonds. The lowest BCUT2D eigenvalue weighted by atomic mass is 9.60. The summed E-state index contributed by atoms with van der Waals surface area (Å²) < 4.78 is 0. The second-order valence-corrected chi connectivity index (χ2v) is 7.39. The summed E-state index contributed by atoms with van der Waals surface area (Å²) in [5.41, 5.74) is -1.02. The molecule has 2 bridgehead atoms. The monoisotopic (exact) mass is 245 g/mol. The quantitative estimate of drug-likeness (QED) is 0.770. The van der Waals surface area contributed by atoms with E-state index in [-0.39, 0.29) is 5.41 Å². The molecule has 0 saturated heterocycles. The molecule has 98 valence electrons.